The first-order valence-electron chi connectivity index (χ1n) is 7.24. The van der Waals surface area contributed by atoms with Crippen LogP contribution in [0.1, 0.15) is 16.1 Å². The van der Waals surface area contributed by atoms with Crippen molar-refractivity contribution in [1.82, 2.24) is 4.98 Å². The number of ether oxygens (including phenoxy) is 2. The molecule has 0 spiro atoms. The number of benzene rings is 1. The Morgan fingerprint density at radius 3 is 2.81 bits per heavy atom. The molecule has 0 aliphatic heterocycles. The molecule has 0 saturated carbocycles. The van der Waals surface area contributed by atoms with Gasteiger partial charge in [-0.15, -0.1) is 23.1 Å². The zero-order valence-corrected chi connectivity index (χ0v) is 16.3. The van der Waals surface area contributed by atoms with E-state index in [4.69, 9.17) is 16.3 Å². The van der Waals surface area contributed by atoms with Gasteiger partial charge in [0.05, 0.1) is 29.8 Å². The maximum absolute atomic E-state index is 12.1. The highest BCUT2D eigenvalue weighted by atomic mass is 35.5. The number of anilines is 1. The van der Waals surface area contributed by atoms with Crippen molar-refractivity contribution in [3.05, 3.63) is 39.9 Å². The topological polar surface area (TPSA) is 94.6 Å². The number of amides is 1. The number of carbonyl (C=O) groups excluding carboxylic acids is 3. The summed E-state index contributed by atoms with van der Waals surface area (Å²) in [4.78, 5) is 40.1. The van der Waals surface area contributed by atoms with Crippen molar-refractivity contribution in [2.24, 2.45) is 0 Å². The summed E-state index contributed by atoms with van der Waals surface area (Å²) < 4.78 is 9.54. The Bertz CT molecular complexity index is 825. The molecule has 138 valence electrons. The molecule has 0 radical (unpaired) electrons. The number of rotatable bonds is 7. The molecule has 1 heterocycles. The van der Waals surface area contributed by atoms with Crippen molar-refractivity contribution < 1.29 is 23.9 Å². The lowest BCUT2D eigenvalue weighted by atomic mass is 10.2. The van der Waals surface area contributed by atoms with Crippen LogP contribution in [0, 0.1) is 0 Å². The third-order valence-electron chi connectivity index (χ3n) is 3.08. The molecule has 7 nitrogen and oxygen atoms in total. The van der Waals surface area contributed by atoms with Gasteiger partial charge in [-0.1, -0.05) is 11.6 Å². The number of methoxy groups -OCH3 is 1. The lowest BCUT2D eigenvalue weighted by molar-refractivity contribution is -0.139. The molecule has 1 aromatic carbocycles. The van der Waals surface area contributed by atoms with Gasteiger partial charge < -0.3 is 9.47 Å². The fourth-order valence-electron chi connectivity index (χ4n) is 1.82. The van der Waals surface area contributed by atoms with Gasteiger partial charge >= 0.3 is 11.9 Å². The number of thiazole rings is 1. The van der Waals surface area contributed by atoms with Crippen LogP contribution in [0.4, 0.5) is 5.13 Å². The van der Waals surface area contributed by atoms with E-state index < -0.39 is 24.5 Å². The van der Waals surface area contributed by atoms with Gasteiger partial charge in [0.2, 0.25) is 0 Å². The van der Waals surface area contributed by atoms with E-state index in [1.54, 1.807) is 23.6 Å². The maximum Gasteiger partial charge on any atom is 0.340 e. The predicted octanol–water partition coefficient (Wildman–Crippen LogP) is 3.03. The monoisotopic (exact) mass is 414 g/mol. The first-order chi connectivity index (χ1) is 12.4. The summed E-state index contributed by atoms with van der Waals surface area (Å²) >= 11 is 8.60. The Kier molecular flexibility index (Phi) is 7.43. The molecule has 0 aliphatic rings. The normalized spacial score (nSPS) is 10.3. The van der Waals surface area contributed by atoms with E-state index in [2.05, 4.69) is 15.0 Å². The van der Waals surface area contributed by atoms with Crippen molar-refractivity contribution in [2.45, 2.75) is 11.3 Å². The van der Waals surface area contributed by atoms with Crippen LogP contribution >= 0.6 is 34.7 Å². The van der Waals surface area contributed by atoms with E-state index in [9.17, 15) is 14.4 Å². The van der Waals surface area contributed by atoms with Crippen LogP contribution < -0.4 is 5.32 Å². The molecule has 1 aromatic heterocycles. The third-order valence-corrected chi connectivity index (χ3v) is 4.94. The summed E-state index contributed by atoms with van der Waals surface area (Å²) in [6.45, 7) is -0.482. The first-order valence-corrected chi connectivity index (χ1v) is 9.73. The van der Waals surface area contributed by atoms with Crippen molar-refractivity contribution in [2.75, 3.05) is 25.3 Å². The van der Waals surface area contributed by atoms with Crippen LogP contribution in [-0.2, 0) is 25.5 Å². The number of nitrogens with one attached hydrogen (secondary N) is 1. The van der Waals surface area contributed by atoms with Crippen molar-refractivity contribution >= 4 is 57.7 Å². The molecule has 0 atom stereocenters. The van der Waals surface area contributed by atoms with E-state index in [0.29, 0.717) is 10.8 Å². The first kappa shape index (κ1) is 20.2. The second-order valence-corrected chi connectivity index (χ2v) is 7.01. The van der Waals surface area contributed by atoms with Gasteiger partial charge in [0.25, 0.3) is 5.91 Å². The number of thioether (sulfide) groups is 1. The van der Waals surface area contributed by atoms with Crippen molar-refractivity contribution in [1.29, 1.82) is 0 Å². The minimum atomic E-state index is -0.688. The van der Waals surface area contributed by atoms with Gasteiger partial charge in [-0.25, -0.2) is 9.78 Å². The maximum atomic E-state index is 12.1. The van der Waals surface area contributed by atoms with Crippen molar-refractivity contribution in [3.8, 4) is 0 Å². The van der Waals surface area contributed by atoms with Crippen molar-refractivity contribution in [3.63, 3.8) is 0 Å². The summed E-state index contributed by atoms with van der Waals surface area (Å²) in [6, 6.07) is 4.99. The number of halogens is 1. The summed E-state index contributed by atoms with van der Waals surface area (Å²) in [7, 11) is 1.28. The molecule has 10 heteroatoms. The zero-order chi connectivity index (χ0) is 19.1. The van der Waals surface area contributed by atoms with Gasteiger partial charge in [0, 0.05) is 10.3 Å². The van der Waals surface area contributed by atoms with E-state index in [1.165, 1.54) is 18.9 Å². The van der Waals surface area contributed by atoms with Crippen LogP contribution in [0.2, 0.25) is 5.02 Å². The van der Waals surface area contributed by atoms with Crippen LogP contribution in [0.5, 0.6) is 0 Å². The molecule has 0 fully saturated rings. The van der Waals surface area contributed by atoms with Gasteiger partial charge in [-0.3, -0.25) is 14.9 Å². The van der Waals surface area contributed by atoms with Crippen LogP contribution in [0.3, 0.4) is 0 Å². The van der Waals surface area contributed by atoms with Gasteiger partial charge in [0.15, 0.2) is 11.7 Å². The minimum absolute atomic E-state index is 0.0160. The molecule has 2 rings (SSSR count). The largest absolute Gasteiger partial charge is 0.469 e. The van der Waals surface area contributed by atoms with E-state index in [0.717, 1.165) is 16.2 Å². The Labute approximate surface area is 163 Å². The molecular formula is C16H15ClN2O5S2. The molecule has 26 heavy (non-hydrogen) atoms. The third kappa shape index (κ3) is 5.72. The zero-order valence-electron chi connectivity index (χ0n) is 13.9. The number of esters is 2. The van der Waals surface area contributed by atoms with Gasteiger partial charge in [0.1, 0.15) is 0 Å². The minimum Gasteiger partial charge on any atom is -0.469 e. The molecule has 0 unspecified atom stereocenters. The Balaban J connectivity index is 1.89. The molecular weight excluding hydrogens is 400 g/mol. The second-order valence-electron chi connectivity index (χ2n) is 4.87. The van der Waals surface area contributed by atoms with Gasteiger partial charge in [-0.05, 0) is 24.5 Å². The van der Waals surface area contributed by atoms with Crippen LogP contribution in [-0.4, -0.2) is 42.8 Å². The molecule has 0 saturated heterocycles. The van der Waals surface area contributed by atoms with E-state index >= 15 is 0 Å². The molecule has 1 amide bonds. The number of carbonyl (C=O) groups is 3. The van der Waals surface area contributed by atoms with E-state index in [-0.39, 0.29) is 17.0 Å². The number of nitrogens with zero attached hydrogens (tertiary/aromatic N) is 1. The van der Waals surface area contributed by atoms with Gasteiger partial charge in [-0.2, -0.15) is 0 Å². The van der Waals surface area contributed by atoms with Crippen LogP contribution in [0.25, 0.3) is 0 Å². The highest BCUT2D eigenvalue weighted by Crippen LogP contribution is 2.23. The Morgan fingerprint density at radius 2 is 2.12 bits per heavy atom. The Morgan fingerprint density at radius 1 is 1.35 bits per heavy atom. The summed E-state index contributed by atoms with van der Waals surface area (Å²) in [5.41, 5.74) is 0.677. The lowest BCUT2D eigenvalue weighted by Gasteiger charge is -2.07. The smallest absolute Gasteiger partial charge is 0.340 e. The second kappa shape index (κ2) is 9.56. The number of hydrogen-bond acceptors (Lipinski definition) is 8. The number of aromatic nitrogens is 1. The highest BCUT2D eigenvalue weighted by Gasteiger charge is 2.16. The molecule has 0 bridgehead atoms. The fraction of sp³-hybridized carbons (Fsp3) is 0.250. The van der Waals surface area contributed by atoms with E-state index in [1.807, 2.05) is 6.26 Å². The fourth-order valence-corrected chi connectivity index (χ4v) is 3.18. The quantitative estimate of drug-likeness (QED) is 0.549. The summed E-state index contributed by atoms with van der Waals surface area (Å²) in [5.74, 6) is -1.66. The lowest BCUT2D eigenvalue weighted by Crippen LogP contribution is -2.21. The average molecular weight is 415 g/mol. The highest BCUT2D eigenvalue weighted by molar-refractivity contribution is 7.98. The SMILES string of the molecule is COC(=O)Cc1csc(NC(=O)COC(=O)c2cc(SC)ccc2Cl)n1. The predicted molar refractivity (Wildman–Crippen MR) is 100.0 cm³/mol. The van der Waals surface area contributed by atoms with Crippen LogP contribution in [0.15, 0.2) is 28.5 Å². The standard InChI is InChI=1S/C16H15ClN2O5S2/c1-23-14(21)5-9-8-26-16(18-9)19-13(20)7-24-15(22)11-6-10(25-2)3-4-12(11)17/h3-4,6,8H,5,7H2,1-2H3,(H,18,19,20). The molecule has 0 aliphatic carbocycles. The molecule has 1 N–H and O–H groups in total. The Hall–Kier alpha value is -2.10. The summed E-state index contributed by atoms with van der Waals surface area (Å²) in [6.07, 6.45) is 1.89. The average Bonchev–Trinajstić information content (AvgIpc) is 3.06. The summed E-state index contributed by atoms with van der Waals surface area (Å²) in [5, 5.41) is 4.68. The molecule has 2 aromatic rings. The number of hydrogen-bond donors (Lipinski definition) is 1.